The number of fused-ring (bicyclic) bond motifs is 1. The number of nitrogens with two attached hydrogens (primary N) is 1. The quantitative estimate of drug-likeness (QED) is 0.583. The molecule has 2 rings (SSSR count). The van der Waals surface area contributed by atoms with Crippen LogP contribution in [0.4, 0.5) is 5.69 Å². The number of nitrogens with zero attached hydrogens (tertiary/aromatic N) is 1. The molecule has 0 aliphatic rings. The van der Waals surface area contributed by atoms with Crippen molar-refractivity contribution >= 4 is 22.5 Å². The minimum absolute atomic E-state index is 0.0709. The molecule has 0 radical (unpaired) electrons. The molecule has 0 saturated heterocycles. The normalized spacial score (nSPS) is 11.4. The highest BCUT2D eigenvalue weighted by atomic mass is 16.1. The smallest absolute Gasteiger partial charge is 0.270 e. The number of hydrogen-bond donors (Lipinski definition) is 3. The van der Waals surface area contributed by atoms with Crippen LogP contribution in [0.5, 0.6) is 0 Å². The van der Waals surface area contributed by atoms with E-state index in [0.717, 1.165) is 17.3 Å². The first kappa shape index (κ1) is 15.3. The van der Waals surface area contributed by atoms with E-state index in [0.29, 0.717) is 17.9 Å². The zero-order chi connectivity index (χ0) is 15.5. The zero-order valence-electron chi connectivity index (χ0n) is 12.7. The maximum atomic E-state index is 12.3. The number of carbonyl (C=O) groups excluding carboxylic acids is 1. The van der Waals surface area contributed by atoms with E-state index in [1.165, 1.54) is 0 Å². The fourth-order valence-electron chi connectivity index (χ4n) is 1.95. The van der Waals surface area contributed by atoms with Crippen molar-refractivity contribution in [1.82, 2.24) is 10.3 Å². The van der Waals surface area contributed by atoms with Gasteiger partial charge in [-0.25, -0.2) is 4.98 Å². The second kappa shape index (κ2) is 6.10. The number of nitrogens with one attached hydrogen (secondary N) is 2. The van der Waals surface area contributed by atoms with E-state index in [9.17, 15) is 4.79 Å². The van der Waals surface area contributed by atoms with Gasteiger partial charge in [-0.3, -0.25) is 10.6 Å². The standard InChI is InChI=1S/C16H22N4O/c1-4-16(2,3)10-18-15(21)14-9-13(20-17)11-7-5-6-8-12(11)19-14/h5-9H,4,10,17H2,1-3H3,(H,18,21)(H,19,20). The molecule has 112 valence electrons. The Balaban J connectivity index is 2.27. The lowest BCUT2D eigenvalue weighted by atomic mass is 9.90. The fraction of sp³-hybridized carbons (Fsp3) is 0.375. The molecule has 0 aliphatic carbocycles. The summed E-state index contributed by atoms with van der Waals surface area (Å²) in [4.78, 5) is 16.7. The van der Waals surface area contributed by atoms with Crippen LogP contribution in [-0.2, 0) is 0 Å². The molecule has 4 N–H and O–H groups in total. The van der Waals surface area contributed by atoms with Crippen molar-refractivity contribution in [2.24, 2.45) is 11.3 Å². The molecule has 0 saturated carbocycles. The van der Waals surface area contributed by atoms with Gasteiger partial charge < -0.3 is 10.7 Å². The van der Waals surface area contributed by atoms with Gasteiger partial charge in [0.1, 0.15) is 5.69 Å². The third-order valence-electron chi connectivity index (χ3n) is 3.79. The first-order valence-electron chi connectivity index (χ1n) is 7.11. The monoisotopic (exact) mass is 286 g/mol. The van der Waals surface area contributed by atoms with Gasteiger partial charge in [0.2, 0.25) is 0 Å². The van der Waals surface area contributed by atoms with E-state index in [4.69, 9.17) is 5.84 Å². The lowest BCUT2D eigenvalue weighted by Gasteiger charge is -2.22. The Morgan fingerprint density at radius 2 is 2.05 bits per heavy atom. The lowest BCUT2D eigenvalue weighted by Crippen LogP contribution is -2.34. The number of pyridine rings is 1. The van der Waals surface area contributed by atoms with Gasteiger partial charge in [0.25, 0.3) is 5.91 Å². The molecular formula is C16H22N4O. The molecule has 0 unspecified atom stereocenters. The van der Waals surface area contributed by atoms with Gasteiger partial charge in [0.05, 0.1) is 11.2 Å². The van der Waals surface area contributed by atoms with Crippen LogP contribution in [0, 0.1) is 5.41 Å². The maximum Gasteiger partial charge on any atom is 0.270 e. The van der Waals surface area contributed by atoms with Crippen molar-refractivity contribution in [2.45, 2.75) is 27.2 Å². The highest BCUT2D eigenvalue weighted by Crippen LogP contribution is 2.22. The van der Waals surface area contributed by atoms with Crippen molar-refractivity contribution in [1.29, 1.82) is 0 Å². The first-order valence-corrected chi connectivity index (χ1v) is 7.11. The Bertz CT molecular complexity index is 652. The Morgan fingerprint density at radius 3 is 2.71 bits per heavy atom. The second-order valence-electron chi connectivity index (χ2n) is 5.92. The van der Waals surface area contributed by atoms with Crippen LogP contribution < -0.4 is 16.6 Å². The third kappa shape index (κ3) is 3.49. The molecule has 0 spiro atoms. The largest absolute Gasteiger partial charge is 0.350 e. The summed E-state index contributed by atoms with van der Waals surface area (Å²) >= 11 is 0. The average molecular weight is 286 g/mol. The summed E-state index contributed by atoms with van der Waals surface area (Å²) in [6, 6.07) is 9.25. The molecule has 5 nitrogen and oxygen atoms in total. The van der Waals surface area contributed by atoms with Crippen molar-refractivity contribution in [3.63, 3.8) is 0 Å². The number of hydrogen-bond acceptors (Lipinski definition) is 4. The molecule has 21 heavy (non-hydrogen) atoms. The predicted octanol–water partition coefficient (Wildman–Crippen LogP) is 2.69. The van der Waals surface area contributed by atoms with Gasteiger partial charge in [0.15, 0.2) is 0 Å². The summed E-state index contributed by atoms with van der Waals surface area (Å²) < 4.78 is 0. The number of rotatable bonds is 5. The topological polar surface area (TPSA) is 80.0 Å². The fourth-order valence-corrected chi connectivity index (χ4v) is 1.95. The van der Waals surface area contributed by atoms with Crippen molar-refractivity contribution in [3.8, 4) is 0 Å². The average Bonchev–Trinajstić information content (AvgIpc) is 2.51. The van der Waals surface area contributed by atoms with Crippen LogP contribution in [0.1, 0.15) is 37.7 Å². The molecule has 1 amide bonds. The van der Waals surface area contributed by atoms with E-state index >= 15 is 0 Å². The van der Waals surface area contributed by atoms with Crippen LogP contribution in [0.2, 0.25) is 0 Å². The summed E-state index contributed by atoms with van der Waals surface area (Å²) in [6.45, 7) is 6.96. The maximum absolute atomic E-state index is 12.3. The molecule has 2 aromatic rings. The Morgan fingerprint density at radius 1 is 1.33 bits per heavy atom. The molecule has 1 aromatic carbocycles. The van der Waals surface area contributed by atoms with E-state index in [1.54, 1.807) is 6.07 Å². The number of carbonyl (C=O) groups is 1. The van der Waals surface area contributed by atoms with Gasteiger partial charge >= 0.3 is 0 Å². The molecule has 1 heterocycles. The van der Waals surface area contributed by atoms with Crippen LogP contribution in [0.25, 0.3) is 10.9 Å². The van der Waals surface area contributed by atoms with Gasteiger partial charge in [0, 0.05) is 11.9 Å². The molecule has 0 bridgehead atoms. The molecule has 5 heteroatoms. The number of nitrogen functional groups attached to an aromatic ring is 1. The van der Waals surface area contributed by atoms with E-state index < -0.39 is 0 Å². The molecular weight excluding hydrogens is 264 g/mol. The Labute approximate surface area is 124 Å². The molecule has 0 aliphatic heterocycles. The molecule has 0 atom stereocenters. The van der Waals surface area contributed by atoms with Gasteiger partial charge in [-0.2, -0.15) is 0 Å². The SMILES string of the molecule is CCC(C)(C)CNC(=O)c1cc(NN)c2ccccc2n1. The Hall–Kier alpha value is -2.14. The number of anilines is 1. The number of para-hydroxylation sites is 1. The summed E-state index contributed by atoms with van der Waals surface area (Å²) in [5.74, 6) is 5.36. The van der Waals surface area contributed by atoms with Crippen molar-refractivity contribution < 1.29 is 4.79 Å². The molecule has 1 aromatic heterocycles. The highest BCUT2D eigenvalue weighted by Gasteiger charge is 2.18. The second-order valence-corrected chi connectivity index (χ2v) is 5.92. The van der Waals surface area contributed by atoms with Crippen molar-refractivity contribution in [3.05, 3.63) is 36.0 Å². The number of hydrazine groups is 1. The predicted molar refractivity (Wildman–Crippen MR) is 86.0 cm³/mol. The van der Waals surface area contributed by atoms with Crippen molar-refractivity contribution in [2.75, 3.05) is 12.0 Å². The van der Waals surface area contributed by atoms with Crippen LogP contribution in [-0.4, -0.2) is 17.4 Å². The van der Waals surface area contributed by atoms with E-state index in [1.807, 2.05) is 24.3 Å². The lowest BCUT2D eigenvalue weighted by molar-refractivity contribution is 0.0931. The minimum Gasteiger partial charge on any atom is -0.350 e. The van der Waals surface area contributed by atoms with Gasteiger partial charge in [-0.05, 0) is 24.0 Å². The van der Waals surface area contributed by atoms with Crippen LogP contribution in [0.15, 0.2) is 30.3 Å². The number of amides is 1. The summed E-state index contributed by atoms with van der Waals surface area (Å²) in [5, 5.41) is 3.83. The van der Waals surface area contributed by atoms with Gasteiger partial charge in [-0.1, -0.05) is 39.0 Å². The zero-order valence-corrected chi connectivity index (χ0v) is 12.7. The van der Waals surface area contributed by atoms with Gasteiger partial charge in [-0.15, -0.1) is 0 Å². The van der Waals surface area contributed by atoms with E-state index in [-0.39, 0.29) is 11.3 Å². The molecule has 0 fully saturated rings. The highest BCUT2D eigenvalue weighted by molar-refractivity contribution is 5.99. The third-order valence-corrected chi connectivity index (χ3v) is 3.79. The van der Waals surface area contributed by atoms with E-state index in [2.05, 4.69) is 36.5 Å². The van der Waals surface area contributed by atoms with Crippen LogP contribution >= 0.6 is 0 Å². The summed E-state index contributed by atoms with van der Waals surface area (Å²) in [7, 11) is 0. The first-order chi connectivity index (χ1) is 9.96. The number of aromatic nitrogens is 1. The Kier molecular flexibility index (Phi) is 4.43. The van der Waals surface area contributed by atoms with Crippen LogP contribution in [0.3, 0.4) is 0 Å². The summed E-state index contributed by atoms with van der Waals surface area (Å²) in [6.07, 6.45) is 0.994. The minimum atomic E-state index is -0.182. The summed E-state index contributed by atoms with van der Waals surface area (Å²) in [5.41, 5.74) is 4.51. The number of benzene rings is 1.